The van der Waals surface area contributed by atoms with Crippen molar-refractivity contribution in [2.45, 2.75) is 25.8 Å². The Bertz CT molecular complexity index is 393. The summed E-state index contributed by atoms with van der Waals surface area (Å²) >= 11 is 3.46. The van der Waals surface area contributed by atoms with E-state index in [1.165, 1.54) is 5.56 Å². The van der Waals surface area contributed by atoms with Gasteiger partial charge in [0, 0.05) is 11.0 Å². The highest BCUT2D eigenvalue weighted by Gasteiger charge is 2.21. The highest BCUT2D eigenvalue weighted by Crippen LogP contribution is 2.14. The Labute approximate surface area is 106 Å². The summed E-state index contributed by atoms with van der Waals surface area (Å²) in [6.45, 7) is 4.76. The second-order valence-corrected chi connectivity index (χ2v) is 5.39. The lowest BCUT2D eigenvalue weighted by molar-refractivity contribution is 0.214. The number of likely N-dealkylation sites (N-methyl/N-ethyl adjacent to an activating group) is 1. The highest BCUT2D eigenvalue weighted by atomic mass is 79.9. The molecule has 1 aromatic rings. The fourth-order valence-corrected chi connectivity index (χ4v) is 1.80. The summed E-state index contributed by atoms with van der Waals surface area (Å²) in [7, 11) is 1.99. The van der Waals surface area contributed by atoms with Crippen molar-refractivity contribution in [1.82, 2.24) is 4.90 Å². The number of halogens is 1. The van der Waals surface area contributed by atoms with Crippen molar-refractivity contribution >= 4 is 15.9 Å². The summed E-state index contributed by atoms with van der Waals surface area (Å²) in [6.07, 6.45) is 0.959. The Hall–Kier alpha value is -0.850. The van der Waals surface area contributed by atoms with Crippen molar-refractivity contribution in [3.63, 3.8) is 0 Å². The van der Waals surface area contributed by atoms with E-state index in [4.69, 9.17) is 5.26 Å². The molecule has 0 aliphatic rings. The van der Waals surface area contributed by atoms with Gasteiger partial charge in [-0.05, 0) is 45.0 Å². The van der Waals surface area contributed by atoms with Crippen molar-refractivity contribution in [2.24, 2.45) is 0 Å². The molecule has 0 unspecified atom stereocenters. The van der Waals surface area contributed by atoms with Crippen molar-refractivity contribution < 1.29 is 0 Å². The van der Waals surface area contributed by atoms with Crippen LogP contribution in [0.15, 0.2) is 28.7 Å². The Morgan fingerprint density at radius 3 is 2.69 bits per heavy atom. The van der Waals surface area contributed by atoms with Crippen LogP contribution in [0, 0.1) is 11.3 Å². The molecule has 0 fully saturated rings. The maximum Gasteiger partial charge on any atom is 0.103 e. The first kappa shape index (κ1) is 13.2. The standard InChI is InChI=1S/C13H17BrN2/c1-13(2,10-15)16(3)8-7-11-5-4-6-12(14)9-11/h4-6,9H,7-8H2,1-3H3. The second-order valence-electron chi connectivity index (χ2n) is 4.47. The van der Waals surface area contributed by atoms with Gasteiger partial charge in [-0.2, -0.15) is 5.26 Å². The molecule has 0 N–H and O–H groups in total. The van der Waals surface area contributed by atoms with E-state index in [0.717, 1.165) is 17.4 Å². The summed E-state index contributed by atoms with van der Waals surface area (Å²) in [5, 5.41) is 9.01. The summed E-state index contributed by atoms with van der Waals surface area (Å²) in [5.41, 5.74) is 0.890. The molecule has 0 radical (unpaired) electrons. The van der Waals surface area contributed by atoms with E-state index in [1.807, 2.05) is 33.0 Å². The van der Waals surface area contributed by atoms with Crippen LogP contribution < -0.4 is 0 Å². The zero-order valence-electron chi connectivity index (χ0n) is 10.00. The highest BCUT2D eigenvalue weighted by molar-refractivity contribution is 9.10. The zero-order valence-corrected chi connectivity index (χ0v) is 11.6. The van der Waals surface area contributed by atoms with Crippen molar-refractivity contribution in [3.05, 3.63) is 34.3 Å². The van der Waals surface area contributed by atoms with Gasteiger partial charge in [0.25, 0.3) is 0 Å². The van der Waals surface area contributed by atoms with Crippen LogP contribution in [0.3, 0.4) is 0 Å². The average Bonchev–Trinajstić information content (AvgIpc) is 2.26. The van der Waals surface area contributed by atoms with Crippen molar-refractivity contribution in [1.29, 1.82) is 5.26 Å². The van der Waals surface area contributed by atoms with Gasteiger partial charge in [0.2, 0.25) is 0 Å². The predicted octanol–water partition coefficient (Wildman–Crippen LogP) is 3.23. The maximum absolute atomic E-state index is 9.01. The lowest BCUT2D eigenvalue weighted by Gasteiger charge is -2.28. The lowest BCUT2D eigenvalue weighted by Crippen LogP contribution is -2.40. The summed E-state index contributed by atoms with van der Waals surface area (Å²) in [6, 6.07) is 10.6. The van der Waals surface area contributed by atoms with E-state index in [1.54, 1.807) is 0 Å². The molecule has 0 heterocycles. The van der Waals surface area contributed by atoms with Crippen LogP contribution in [-0.2, 0) is 6.42 Å². The molecule has 0 spiro atoms. The monoisotopic (exact) mass is 280 g/mol. The Morgan fingerprint density at radius 2 is 2.12 bits per heavy atom. The molecule has 3 heteroatoms. The first-order chi connectivity index (χ1) is 7.45. The quantitative estimate of drug-likeness (QED) is 0.847. The minimum Gasteiger partial charge on any atom is -0.289 e. The molecular weight excluding hydrogens is 264 g/mol. The van der Waals surface area contributed by atoms with Crippen LogP contribution in [0.1, 0.15) is 19.4 Å². The van der Waals surface area contributed by atoms with Gasteiger partial charge >= 0.3 is 0 Å². The van der Waals surface area contributed by atoms with Gasteiger partial charge < -0.3 is 0 Å². The third-order valence-electron chi connectivity index (χ3n) is 2.85. The van der Waals surface area contributed by atoms with Gasteiger partial charge in [-0.25, -0.2) is 0 Å². The topological polar surface area (TPSA) is 27.0 Å². The van der Waals surface area contributed by atoms with Gasteiger partial charge in [-0.15, -0.1) is 0 Å². The smallest absolute Gasteiger partial charge is 0.103 e. The molecule has 0 saturated heterocycles. The third-order valence-corrected chi connectivity index (χ3v) is 3.35. The first-order valence-corrected chi connectivity index (χ1v) is 6.12. The molecule has 1 aromatic carbocycles. The van der Waals surface area contributed by atoms with Crippen molar-refractivity contribution in [2.75, 3.05) is 13.6 Å². The summed E-state index contributed by atoms with van der Waals surface area (Å²) in [4.78, 5) is 2.08. The molecular formula is C13H17BrN2. The van der Waals surface area contributed by atoms with Crippen LogP contribution in [0.2, 0.25) is 0 Å². The summed E-state index contributed by atoms with van der Waals surface area (Å²) in [5.74, 6) is 0. The van der Waals surface area contributed by atoms with Crippen molar-refractivity contribution in [3.8, 4) is 6.07 Å². The van der Waals surface area contributed by atoms with E-state index in [9.17, 15) is 0 Å². The Kier molecular flexibility index (Phi) is 4.52. The molecule has 0 saturated carbocycles. The van der Waals surface area contributed by atoms with E-state index in [0.29, 0.717) is 0 Å². The number of rotatable bonds is 4. The Balaban J connectivity index is 2.56. The SMILES string of the molecule is CN(CCc1cccc(Br)c1)C(C)(C)C#N. The molecule has 16 heavy (non-hydrogen) atoms. The first-order valence-electron chi connectivity index (χ1n) is 5.32. The molecule has 1 rings (SSSR count). The fraction of sp³-hybridized carbons (Fsp3) is 0.462. The average molecular weight is 281 g/mol. The van der Waals surface area contributed by atoms with Crippen LogP contribution in [0.5, 0.6) is 0 Å². The van der Waals surface area contributed by atoms with E-state index < -0.39 is 5.54 Å². The van der Waals surface area contributed by atoms with Gasteiger partial charge in [-0.3, -0.25) is 4.90 Å². The number of nitriles is 1. The largest absolute Gasteiger partial charge is 0.289 e. The molecule has 0 aliphatic carbocycles. The van der Waals surface area contributed by atoms with Crippen LogP contribution in [0.4, 0.5) is 0 Å². The minimum absolute atomic E-state index is 0.397. The fourth-order valence-electron chi connectivity index (χ4n) is 1.35. The molecule has 0 atom stereocenters. The zero-order chi connectivity index (χ0) is 12.2. The van der Waals surface area contributed by atoms with Gasteiger partial charge in [0.1, 0.15) is 5.54 Å². The molecule has 0 aromatic heterocycles. The Morgan fingerprint density at radius 1 is 1.44 bits per heavy atom. The second kappa shape index (κ2) is 5.47. The molecule has 0 aliphatic heterocycles. The van der Waals surface area contributed by atoms with Crippen LogP contribution >= 0.6 is 15.9 Å². The normalized spacial score (nSPS) is 11.5. The molecule has 0 bridgehead atoms. The summed E-state index contributed by atoms with van der Waals surface area (Å²) < 4.78 is 1.10. The number of hydrogen-bond acceptors (Lipinski definition) is 2. The van der Waals surface area contributed by atoms with Gasteiger partial charge in [-0.1, -0.05) is 28.1 Å². The minimum atomic E-state index is -0.397. The maximum atomic E-state index is 9.01. The van der Waals surface area contributed by atoms with Crippen LogP contribution in [-0.4, -0.2) is 24.0 Å². The van der Waals surface area contributed by atoms with Crippen LogP contribution in [0.25, 0.3) is 0 Å². The van der Waals surface area contributed by atoms with E-state index >= 15 is 0 Å². The number of benzene rings is 1. The lowest BCUT2D eigenvalue weighted by atomic mass is 10.0. The predicted molar refractivity (Wildman–Crippen MR) is 70.2 cm³/mol. The third kappa shape index (κ3) is 3.62. The number of hydrogen-bond donors (Lipinski definition) is 0. The molecule has 86 valence electrons. The number of nitrogens with zero attached hydrogens (tertiary/aromatic N) is 2. The van der Waals surface area contributed by atoms with Gasteiger partial charge in [0.15, 0.2) is 0 Å². The van der Waals surface area contributed by atoms with Gasteiger partial charge in [0.05, 0.1) is 6.07 Å². The van der Waals surface area contributed by atoms with E-state index in [2.05, 4.69) is 39.0 Å². The molecule has 2 nitrogen and oxygen atoms in total. The van der Waals surface area contributed by atoms with E-state index in [-0.39, 0.29) is 0 Å². The molecule has 0 amide bonds.